The van der Waals surface area contributed by atoms with Gasteiger partial charge < -0.3 is 4.74 Å². The Morgan fingerprint density at radius 3 is 2.50 bits per heavy atom. The van der Waals surface area contributed by atoms with Crippen molar-refractivity contribution >= 4 is 5.78 Å². The first-order valence-corrected chi connectivity index (χ1v) is 8.06. The first kappa shape index (κ1) is 14.7. The summed E-state index contributed by atoms with van der Waals surface area (Å²) >= 11 is 0. The van der Waals surface area contributed by atoms with Crippen molar-refractivity contribution in [1.29, 1.82) is 0 Å². The van der Waals surface area contributed by atoms with E-state index in [0.717, 1.165) is 34.7 Å². The molecule has 1 N–H and O–H groups in total. The zero-order chi connectivity index (χ0) is 16.5. The van der Waals surface area contributed by atoms with E-state index >= 15 is 0 Å². The number of carbonyl (C=O) groups excluding carboxylic acids is 1. The van der Waals surface area contributed by atoms with Crippen LogP contribution in [0.1, 0.15) is 34.0 Å². The second kappa shape index (κ2) is 5.96. The molecule has 1 aliphatic carbocycles. The molecule has 2 aromatic carbocycles. The fourth-order valence-electron chi connectivity index (χ4n) is 3.39. The maximum atomic E-state index is 12.8. The number of aromatic nitrogens is 2. The number of methoxy groups -OCH3 is 1. The van der Waals surface area contributed by atoms with E-state index in [-0.39, 0.29) is 11.7 Å². The minimum absolute atomic E-state index is 0.157. The third-order valence-corrected chi connectivity index (χ3v) is 4.64. The highest BCUT2D eigenvalue weighted by atomic mass is 16.5. The molecular formula is C20H18N2O2. The summed E-state index contributed by atoms with van der Waals surface area (Å²) in [5, 5.41) is 7.50. The maximum Gasteiger partial charge on any atom is 0.167 e. The molecule has 0 radical (unpaired) electrons. The van der Waals surface area contributed by atoms with Crippen LogP contribution in [0.4, 0.5) is 0 Å². The normalized spacial score (nSPS) is 16.7. The first-order valence-electron chi connectivity index (χ1n) is 8.06. The lowest BCUT2D eigenvalue weighted by Crippen LogP contribution is -2.18. The SMILES string of the molecule is COc1ccc(-c2n[nH]c3c2C(=O)C[C@H](c2ccccc2)C3)cc1. The summed E-state index contributed by atoms with van der Waals surface area (Å²) in [5.41, 5.74) is 4.55. The zero-order valence-electron chi connectivity index (χ0n) is 13.5. The first-order chi connectivity index (χ1) is 11.8. The molecule has 4 heteroatoms. The largest absolute Gasteiger partial charge is 0.497 e. The molecule has 0 fully saturated rings. The number of nitrogens with one attached hydrogen (secondary N) is 1. The van der Waals surface area contributed by atoms with Crippen molar-refractivity contribution in [2.45, 2.75) is 18.8 Å². The summed E-state index contributed by atoms with van der Waals surface area (Å²) in [7, 11) is 1.64. The molecule has 120 valence electrons. The monoisotopic (exact) mass is 318 g/mol. The summed E-state index contributed by atoms with van der Waals surface area (Å²) in [5.74, 6) is 1.17. The van der Waals surface area contributed by atoms with E-state index in [9.17, 15) is 4.79 Å². The van der Waals surface area contributed by atoms with E-state index in [0.29, 0.717) is 6.42 Å². The van der Waals surface area contributed by atoms with Crippen molar-refractivity contribution in [3.63, 3.8) is 0 Å². The van der Waals surface area contributed by atoms with Gasteiger partial charge in [-0.2, -0.15) is 5.10 Å². The van der Waals surface area contributed by atoms with E-state index in [1.54, 1.807) is 7.11 Å². The van der Waals surface area contributed by atoms with Crippen LogP contribution in [0.5, 0.6) is 5.75 Å². The average Bonchev–Trinajstić information content (AvgIpc) is 3.07. The molecule has 4 rings (SSSR count). The predicted molar refractivity (Wildman–Crippen MR) is 92.4 cm³/mol. The van der Waals surface area contributed by atoms with E-state index < -0.39 is 0 Å². The lowest BCUT2D eigenvalue weighted by atomic mass is 9.81. The minimum Gasteiger partial charge on any atom is -0.497 e. The quantitative estimate of drug-likeness (QED) is 0.794. The Morgan fingerprint density at radius 2 is 1.79 bits per heavy atom. The molecular weight excluding hydrogens is 300 g/mol. The molecule has 1 aromatic heterocycles. The number of Topliss-reactive ketones (excluding diaryl/α,β-unsaturated/α-hetero) is 1. The van der Waals surface area contributed by atoms with Crippen molar-refractivity contribution in [2.24, 2.45) is 0 Å². The second-order valence-corrected chi connectivity index (χ2v) is 6.09. The number of fused-ring (bicyclic) bond motifs is 1. The van der Waals surface area contributed by atoms with E-state index in [1.165, 1.54) is 5.56 Å². The summed E-state index contributed by atoms with van der Waals surface area (Å²) in [6.45, 7) is 0. The maximum absolute atomic E-state index is 12.8. The molecule has 0 unspecified atom stereocenters. The van der Waals surface area contributed by atoms with Gasteiger partial charge in [-0.1, -0.05) is 30.3 Å². The van der Waals surface area contributed by atoms with Gasteiger partial charge in [0.15, 0.2) is 5.78 Å². The van der Waals surface area contributed by atoms with Gasteiger partial charge >= 0.3 is 0 Å². The van der Waals surface area contributed by atoms with Gasteiger partial charge in [0, 0.05) is 17.7 Å². The van der Waals surface area contributed by atoms with Gasteiger partial charge in [0.2, 0.25) is 0 Å². The van der Waals surface area contributed by atoms with Crippen LogP contribution < -0.4 is 4.74 Å². The number of ether oxygens (including phenoxy) is 1. The van der Waals surface area contributed by atoms with Gasteiger partial charge in [0.05, 0.1) is 12.7 Å². The number of rotatable bonds is 3. The molecule has 0 amide bonds. The third-order valence-electron chi connectivity index (χ3n) is 4.64. The van der Waals surface area contributed by atoms with Gasteiger partial charge in [0.25, 0.3) is 0 Å². The third kappa shape index (κ3) is 2.50. The molecule has 1 heterocycles. The fourth-order valence-corrected chi connectivity index (χ4v) is 3.39. The summed E-state index contributed by atoms with van der Waals surface area (Å²) in [6.07, 6.45) is 1.34. The van der Waals surface area contributed by atoms with Crippen LogP contribution in [0.15, 0.2) is 54.6 Å². The van der Waals surface area contributed by atoms with Gasteiger partial charge in [-0.05, 0) is 42.2 Å². The Labute approximate surface area is 140 Å². The van der Waals surface area contributed by atoms with E-state index in [4.69, 9.17) is 4.74 Å². The Bertz CT molecular complexity index is 866. The summed E-state index contributed by atoms with van der Waals surface area (Å²) in [4.78, 5) is 12.8. The van der Waals surface area contributed by atoms with Crippen LogP contribution in [0, 0.1) is 0 Å². The molecule has 0 saturated heterocycles. The van der Waals surface area contributed by atoms with Gasteiger partial charge in [-0.25, -0.2) is 0 Å². The molecule has 3 aromatic rings. The number of hydrogen-bond acceptors (Lipinski definition) is 3. The molecule has 1 aliphatic rings. The Balaban J connectivity index is 1.68. The van der Waals surface area contributed by atoms with Crippen molar-refractivity contribution in [2.75, 3.05) is 7.11 Å². The molecule has 24 heavy (non-hydrogen) atoms. The number of benzene rings is 2. The van der Waals surface area contributed by atoms with Crippen LogP contribution in [-0.2, 0) is 6.42 Å². The van der Waals surface area contributed by atoms with Crippen LogP contribution in [0.3, 0.4) is 0 Å². The molecule has 4 nitrogen and oxygen atoms in total. The van der Waals surface area contributed by atoms with Crippen molar-refractivity contribution < 1.29 is 9.53 Å². The summed E-state index contributed by atoms with van der Waals surface area (Å²) < 4.78 is 5.19. The topological polar surface area (TPSA) is 55.0 Å². The lowest BCUT2D eigenvalue weighted by Gasteiger charge is -2.21. The Hall–Kier alpha value is -2.88. The minimum atomic E-state index is 0.157. The van der Waals surface area contributed by atoms with Crippen LogP contribution in [0.25, 0.3) is 11.3 Å². The number of ketones is 1. The molecule has 0 bridgehead atoms. The van der Waals surface area contributed by atoms with Crippen LogP contribution in [0.2, 0.25) is 0 Å². The zero-order valence-corrected chi connectivity index (χ0v) is 13.5. The smallest absolute Gasteiger partial charge is 0.167 e. The Kier molecular flexibility index (Phi) is 3.65. The number of nitrogens with zero attached hydrogens (tertiary/aromatic N) is 1. The van der Waals surface area contributed by atoms with E-state index in [1.807, 2.05) is 42.5 Å². The number of H-pyrrole nitrogens is 1. The highest BCUT2D eigenvalue weighted by Crippen LogP contribution is 2.36. The number of carbonyl (C=O) groups is 1. The molecule has 0 spiro atoms. The molecule has 0 saturated carbocycles. The van der Waals surface area contributed by atoms with E-state index in [2.05, 4.69) is 22.3 Å². The van der Waals surface area contributed by atoms with Gasteiger partial charge in [0.1, 0.15) is 11.4 Å². The highest BCUT2D eigenvalue weighted by Gasteiger charge is 2.31. The second-order valence-electron chi connectivity index (χ2n) is 6.09. The highest BCUT2D eigenvalue weighted by molar-refractivity contribution is 6.04. The molecule has 0 aliphatic heterocycles. The predicted octanol–water partition coefficient (Wildman–Crippen LogP) is 4.00. The Morgan fingerprint density at radius 1 is 1.04 bits per heavy atom. The number of aromatic amines is 1. The van der Waals surface area contributed by atoms with Crippen LogP contribution >= 0.6 is 0 Å². The lowest BCUT2D eigenvalue weighted by molar-refractivity contribution is 0.0965. The summed E-state index contributed by atoms with van der Waals surface area (Å²) in [6, 6.07) is 17.9. The molecule has 1 atom stereocenters. The number of hydrogen-bond donors (Lipinski definition) is 1. The standard InChI is InChI=1S/C20H18N2O2/c1-24-16-9-7-14(8-10-16)20-19-17(21-22-20)11-15(12-18(19)23)13-5-3-2-4-6-13/h2-10,15H,11-12H2,1H3,(H,21,22)/t15-/m1/s1. The average molecular weight is 318 g/mol. The van der Waals surface area contributed by atoms with Crippen molar-refractivity contribution in [3.8, 4) is 17.0 Å². The van der Waals surface area contributed by atoms with Crippen molar-refractivity contribution in [1.82, 2.24) is 10.2 Å². The van der Waals surface area contributed by atoms with Crippen molar-refractivity contribution in [3.05, 3.63) is 71.4 Å². The van der Waals surface area contributed by atoms with Gasteiger partial charge in [-0.15, -0.1) is 0 Å². The fraction of sp³-hybridized carbons (Fsp3) is 0.200. The van der Waals surface area contributed by atoms with Crippen LogP contribution in [-0.4, -0.2) is 23.1 Å². The van der Waals surface area contributed by atoms with Gasteiger partial charge in [-0.3, -0.25) is 9.89 Å².